The Labute approximate surface area is 111 Å². The summed E-state index contributed by atoms with van der Waals surface area (Å²) in [6.45, 7) is 0. The van der Waals surface area contributed by atoms with Gasteiger partial charge in [0.1, 0.15) is 0 Å². The van der Waals surface area contributed by atoms with Gasteiger partial charge in [0.25, 0.3) is 0 Å². The SMILES string of the molecule is BrC1=CC=C(C2=CC=CC3C=CC=CC23)CC1. The second-order valence-corrected chi connectivity index (χ2v) is 5.70. The number of rotatable bonds is 1. The summed E-state index contributed by atoms with van der Waals surface area (Å²) in [7, 11) is 0. The Hall–Kier alpha value is -1.08. The van der Waals surface area contributed by atoms with Crippen molar-refractivity contribution in [1.29, 1.82) is 0 Å². The minimum Gasteiger partial charge on any atom is -0.0767 e. The molecule has 0 radical (unpaired) electrons. The second kappa shape index (κ2) is 4.66. The van der Waals surface area contributed by atoms with Crippen LogP contribution in [-0.2, 0) is 0 Å². The van der Waals surface area contributed by atoms with Crippen LogP contribution >= 0.6 is 15.9 Å². The molecule has 0 saturated carbocycles. The van der Waals surface area contributed by atoms with Crippen LogP contribution in [0.25, 0.3) is 0 Å². The molecule has 0 amide bonds. The molecule has 0 heterocycles. The van der Waals surface area contributed by atoms with Crippen molar-refractivity contribution in [3.05, 3.63) is 70.3 Å². The van der Waals surface area contributed by atoms with Crippen molar-refractivity contribution in [2.24, 2.45) is 11.8 Å². The molecule has 0 saturated heterocycles. The number of allylic oxidation sites excluding steroid dienone is 12. The van der Waals surface area contributed by atoms with E-state index in [0.717, 1.165) is 12.8 Å². The van der Waals surface area contributed by atoms with E-state index in [1.165, 1.54) is 15.6 Å². The van der Waals surface area contributed by atoms with Crippen molar-refractivity contribution >= 4 is 15.9 Å². The Morgan fingerprint density at radius 3 is 2.53 bits per heavy atom. The molecule has 3 aliphatic rings. The van der Waals surface area contributed by atoms with Crippen LogP contribution in [0.1, 0.15) is 12.8 Å². The van der Waals surface area contributed by atoms with Gasteiger partial charge >= 0.3 is 0 Å². The maximum absolute atomic E-state index is 3.57. The largest absolute Gasteiger partial charge is 0.0767 e. The average molecular weight is 287 g/mol. The third-order valence-electron chi connectivity index (χ3n) is 3.62. The van der Waals surface area contributed by atoms with Crippen LogP contribution in [0.2, 0.25) is 0 Å². The highest BCUT2D eigenvalue weighted by atomic mass is 79.9. The highest BCUT2D eigenvalue weighted by Gasteiger charge is 2.24. The molecule has 2 unspecified atom stereocenters. The summed E-state index contributed by atoms with van der Waals surface area (Å²) in [6.07, 6.45) is 22.5. The predicted molar refractivity (Wildman–Crippen MR) is 76.8 cm³/mol. The molecule has 0 spiro atoms. The number of fused-ring (bicyclic) bond motifs is 1. The van der Waals surface area contributed by atoms with Crippen LogP contribution in [0.3, 0.4) is 0 Å². The van der Waals surface area contributed by atoms with Crippen LogP contribution in [0.15, 0.2) is 70.3 Å². The van der Waals surface area contributed by atoms with Crippen molar-refractivity contribution < 1.29 is 0 Å². The van der Waals surface area contributed by atoms with Gasteiger partial charge in [0, 0.05) is 11.8 Å². The zero-order valence-electron chi connectivity index (χ0n) is 9.64. The van der Waals surface area contributed by atoms with E-state index < -0.39 is 0 Å². The highest BCUT2D eigenvalue weighted by molar-refractivity contribution is 9.11. The summed E-state index contributed by atoms with van der Waals surface area (Å²) in [5.41, 5.74) is 2.99. The first-order chi connectivity index (χ1) is 8.34. The van der Waals surface area contributed by atoms with Crippen LogP contribution in [0.4, 0.5) is 0 Å². The Balaban J connectivity index is 1.93. The van der Waals surface area contributed by atoms with Gasteiger partial charge < -0.3 is 0 Å². The standard InChI is InChI=1S/C16H15Br/c17-14-10-8-13(9-11-14)16-7-3-5-12-4-1-2-6-15(12)16/h1-8,10,12,15H,9,11H2. The molecule has 1 heteroatoms. The third-order valence-corrected chi connectivity index (χ3v) is 4.28. The molecule has 0 bridgehead atoms. The maximum atomic E-state index is 3.57. The monoisotopic (exact) mass is 286 g/mol. The summed E-state index contributed by atoms with van der Waals surface area (Å²) in [6, 6.07) is 0. The molecule has 3 rings (SSSR count). The molecule has 0 aromatic carbocycles. The molecule has 0 fully saturated rings. The summed E-state index contributed by atoms with van der Waals surface area (Å²) in [5, 5.41) is 0. The van der Waals surface area contributed by atoms with E-state index in [9.17, 15) is 0 Å². The minimum atomic E-state index is 0.543. The van der Waals surface area contributed by atoms with Gasteiger partial charge in [0.05, 0.1) is 0 Å². The van der Waals surface area contributed by atoms with E-state index in [-0.39, 0.29) is 0 Å². The highest BCUT2D eigenvalue weighted by Crippen LogP contribution is 2.38. The van der Waals surface area contributed by atoms with E-state index in [1.807, 2.05) is 0 Å². The summed E-state index contributed by atoms with van der Waals surface area (Å²) in [5.74, 6) is 1.09. The predicted octanol–water partition coefficient (Wildman–Crippen LogP) is 4.84. The molecular weight excluding hydrogens is 272 g/mol. The molecular formula is C16H15Br. The third kappa shape index (κ3) is 2.16. The molecule has 3 aliphatic carbocycles. The van der Waals surface area contributed by atoms with Gasteiger partial charge in [-0.1, -0.05) is 70.6 Å². The Morgan fingerprint density at radius 1 is 0.882 bits per heavy atom. The number of halogens is 1. The lowest BCUT2D eigenvalue weighted by molar-refractivity contribution is 0.623. The lowest BCUT2D eigenvalue weighted by Crippen LogP contribution is -2.17. The first kappa shape index (κ1) is 11.0. The molecule has 0 aromatic heterocycles. The molecule has 2 atom stereocenters. The zero-order chi connectivity index (χ0) is 11.7. The lowest BCUT2D eigenvalue weighted by atomic mass is 9.75. The average Bonchev–Trinajstić information content (AvgIpc) is 2.39. The zero-order valence-corrected chi connectivity index (χ0v) is 11.2. The van der Waals surface area contributed by atoms with Gasteiger partial charge in [-0.2, -0.15) is 0 Å². The summed E-state index contributed by atoms with van der Waals surface area (Å²) < 4.78 is 1.31. The van der Waals surface area contributed by atoms with Crippen molar-refractivity contribution in [1.82, 2.24) is 0 Å². The fourth-order valence-corrected chi connectivity index (χ4v) is 3.02. The lowest BCUT2D eigenvalue weighted by Gasteiger charge is -2.29. The van der Waals surface area contributed by atoms with E-state index in [4.69, 9.17) is 0 Å². The smallest absolute Gasteiger partial charge is 0.0122 e. The maximum Gasteiger partial charge on any atom is 0.0122 e. The fraction of sp³-hybridized carbons (Fsp3) is 0.250. The fourth-order valence-electron chi connectivity index (χ4n) is 2.69. The molecule has 17 heavy (non-hydrogen) atoms. The number of hydrogen-bond donors (Lipinski definition) is 0. The van der Waals surface area contributed by atoms with E-state index in [1.54, 1.807) is 0 Å². The van der Waals surface area contributed by atoms with Crippen molar-refractivity contribution in [3.8, 4) is 0 Å². The van der Waals surface area contributed by atoms with E-state index in [0.29, 0.717) is 11.8 Å². The van der Waals surface area contributed by atoms with Crippen molar-refractivity contribution in [2.45, 2.75) is 12.8 Å². The van der Waals surface area contributed by atoms with Crippen LogP contribution in [0, 0.1) is 11.8 Å². The van der Waals surface area contributed by atoms with Gasteiger partial charge in [0.15, 0.2) is 0 Å². The van der Waals surface area contributed by atoms with Gasteiger partial charge in [-0.3, -0.25) is 0 Å². The molecule has 0 nitrogen and oxygen atoms in total. The van der Waals surface area contributed by atoms with Gasteiger partial charge in [0.2, 0.25) is 0 Å². The van der Waals surface area contributed by atoms with Crippen LogP contribution in [-0.4, -0.2) is 0 Å². The second-order valence-electron chi connectivity index (χ2n) is 4.69. The molecule has 86 valence electrons. The van der Waals surface area contributed by atoms with Crippen LogP contribution < -0.4 is 0 Å². The van der Waals surface area contributed by atoms with Gasteiger partial charge in [-0.05, 0) is 28.5 Å². The van der Waals surface area contributed by atoms with E-state index in [2.05, 4.69) is 70.6 Å². The first-order valence-electron chi connectivity index (χ1n) is 6.13. The Morgan fingerprint density at radius 2 is 1.71 bits per heavy atom. The van der Waals surface area contributed by atoms with Crippen molar-refractivity contribution in [2.75, 3.05) is 0 Å². The Bertz CT molecular complexity index is 498. The quantitative estimate of drug-likeness (QED) is 0.647. The first-order valence-corrected chi connectivity index (χ1v) is 6.93. The molecule has 0 aliphatic heterocycles. The number of hydrogen-bond acceptors (Lipinski definition) is 0. The van der Waals surface area contributed by atoms with Crippen LogP contribution in [0.5, 0.6) is 0 Å². The van der Waals surface area contributed by atoms with Gasteiger partial charge in [-0.25, -0.2) is 0 Å². The topological polar surface area (TPSA) is 0 Å². The van der Waals surface area contributed by atoms with Crippen molar-refractivity contribution in [3.63, 3.8) is 0 Å². The minimum absolute atomic E-state index is 0.543. The summed E-state index contributed by atoms with van der Waals surface area (Å²) >= 11 is 3.57. The molecule has 0 N–H and O–H groups in total. The normalized spacial score (nSPS) is 30.5. The summed E-state index contributed by atoms with van der Waals surface area (Å²) in [4.78, 5) is 0. The Kier molecular flexibility index (Phi) is 3.02. The molecule has 0 aromatic rings. The van der Waals surface area contributed by atoms with Gasteiger partial charge in [-0.15, -0.1) is 0 Å². The van der Waals surface area contributed by atoms with E-state index >= 15 is 0 Å².